The van der Waals surface area contributed by atoms with Crippen LogP contribution in [0, 0.1) is 11.3 Å². The molecule has 0 rings (SSSR count). The van der Waals surface area contributed by atoms with Gasteiger partial charge in [0.1, 0.15) is 5.92 Å². The number of carboxylic acid groups (broad SMARTS) is 3. The molecule has 5 unspecified atom stereocenters. The molecule has 10 heteroatoms. The van der Waals surface area contributed by atoms with E-state index >= 15 is 0 Å². The minimum Gasteiger partial charge on any atom is -0.481 e. The van der Waals surface area contributed by atoms with Crippen LogP contribution in [0.1, 0.15) is 20.8 Å². The van der Waals surface area contributed by atoms with E-state index in [1.807, 2.05) is 0 Å². The Balaban J connectivity index is 6.83. The molecule has 0 saturated carbocycles. The zero-order chi connectivity index (χ0) is 18.0. The van der Waals surface area contributed by atoms with Gasteiger partial charge in [-0.1, -0.05) is 0 Å². The molecule has 0 amide bonds. The maximum absolute atomic E-state index is 11.6. The third kappa shape index (κ3) is 2.65. The molecule has 128 valence electrons. The van der Waals surface area contributed by atoms with E-state index in [9.17, 15) is 45.0 Å². The van der Waals surface area contributed by atoms with Crippen LogP contribution in [-0.2, 0) is 14.4 Å². The van der Waals surface area contributed by atoms with Crippen molar-refractivity contribution in [3.8, 4) is 0 Å². The summed E-state index contributed by atoms with van der Waals surface area (Å²) in [4.78, 5) is 34.4. The van der Waals surface area contributed by atoms with Gasteiger partial charge in [0.25, 0.3) is 0 Å². The normalized spacial score (nSPS) is 22.5. The van der Waals surface area contributed by atoms with Crippen molar-refractivity contribution in [3.63, 3.8) is 0 Å². The van der Waals surface area contributed by atoms with Crippen molar-refractivity contribution >= 4 is 17.9 Å². The SMILES string of the molecule is CC(O)C(C(=O)O)C(O)(C(=O)O)C(C(=O)O)(C(C)O)C(C)O. The Kier molecular flexibility index (Phi) is 6.04. The summed E-state index contributed by atoms with van der Waals surface area (Å²) < 4.78 is 0. The highest BCUT2D eigenvalue weighted by atomic mass is 16.4. The first-order valence-electron chi connectivity index (χ1n) is 6.25. The molecule has 0 aliphatic rings. The number of carbonyl (C=O) groups is 3. The summed E-state index contributed by atoms with van der Waals surface area (Å²) in [5.74, 6) is -8.98. The molecule has 0 saturated heterocycles. The molecule has 10 nitrogen and oxygen atoms in total. The van der Waals surface area contributed by atoms with Gasteiger partial charge < -0.3 is 35.7 Å². The number of aliphatic hydroxyl groups is 4. The summed E-state index contributed by atoms with van der Waals surface area (Å²) in [5, 5.41) is 67.2. The highest BCUT2D eigenvalue weighted by Crippen LogP contribution is 2.45. The lowest BCUT2D eigenvalue weighted by atomic mass is 9.59. The van der Waals surface area contributed by atoms with Gasteiger partial charge in [-0.3, -0.25) is 9.59 Å². The van der Waals surface area contributed by atoms with Gasteiger partial charge in [0.15, 0.2) is 11.0 Å². The van der Waals surface area contributed by atoms with Crippen LogP contribution in [-0.4, -0.2) is 77.6 Å². The second-order valence-electron chi connectivity index (χ2n) is 5.15. The zero-order valence-electron chi connectivity index (χ0n) is 12.2. The minimum absolute atomic E-state index is 0.787. The standard InChI is InChI=1S/C12H20O10/c1-4(13)7(8(16)17)12(22,10(20)21)11(5(2)14,6(3)15)9(18)19/h4-7,13-15,22H,1-3H3,(H,16,17)(H,18,19)(H,20,21). The monoisotopic (exact) mass is 324 g/mol. The van der Waals surface area contributed by atoms with Gasteiger partial charge in [0.05, 0.1) is 18.3 Å². The maximum atomic E-state index is 11.6. The molecule has 7 N–H and O–H groups in total. The van der Waals surface area contributed by atoms with Crippen LogP contribution in [0.3, 0.4) is 0 Å². The zero-order valence-corrected chi connectivity index (χ0v) is 12.2. The number of hydrogen-bond acceptors (Lipinski definition) is 7. The predicted octanol–water partition coefficient (Wildman–Crippen LogP) is -2.28. The van der Waals surface area contributed by atoms with Crippen molar-refractivity contribution in [1.29, 1.82) is 0 Å². The van der Waals surface area contributed by atoms with Crippen molar-refractivity contribution in [2.24, 2.45) is 11.3 Å². The molecular formula is C12H20O10. The lowest BCUT2D eigenvalue weighted by Gasteiger charge is -2.47. The van der Waals surface area contributed by atoms with Gasteiger partial charge >= 0.3 is 17.9 Å². The Morgan fingerprint density at radius 1 is 0.818 bits per heavy atom. The Labute approximate surface area is 125 Å². The van der Waals surface area contributed by atoms with Gasteiger partial charge in [0.2, 0.25) is 0 Å². The molecule has 0 bridgehead atoms. The van der Waals surface area contributed by atoms with E-state index < -0.39 is 53.2 Å². The number of aliphatic hydroxyl groups excluding tert-OH is 3. The first kappa shape index (κ1) is 20.2. The van der Waals surface area contributed by atoms with Crippen molar-refractivity contribution < 1.29 is 50.1 Å². The Morgan fingerprint density at radius 2 is 1.18 bits per heavy atom. The van der Waals surface area contributed by atoms with Crippen LogP contribution >= 0.6 is 0 Å². The average molecular weight is 324 g/mol. The highest BCUT2D eigenvalue weighted by molar-refractivity contribution is 5.94. The number of carboxylic acids is 3. The smallest absolute Gasteiger partial charge is 0.338 e. The van der Waals surface area contributed by atoms with E-state index in [0.29, 0.717) is 0 Å². The third-order valence-electron chi connectivity index (χ3n) is 3.83. The van der Waals surface area contributed by atoms with Gasteiger partial charge in [-0.25, -0.2) is 4.79 Å². The molecule has 0 spiro atoms. The molecule has 0 aliphatic carbocycles. The van der Waals surface area contributed by atoms with Crippen molar-refractivity contribution in [3.05, 3.63) is 0 Å². The van der Waals surface area contributed by atoms with E-state index in [-0.39, 0.29) is 0 Å². The van der Waals surface area contributed by atoms with Crippen LogP contribution in [0.5, 0.6) is 0 Å². The number of aliphatic carboxylic acids is 3. The second-order valence-corrected chi connectivity index (χ2v) is 5.15. The maximum Gasteiger partial charge on any atom is 0.338 e. The summed E-state index contributed by atoms with van der Waals surface area (Å²) in [5.41, 5.74) is -6.89. The number of hydrogen-bond donors (Lipinski definition) is 7. The average Bonchev–Trinajstić information content (AvgIpc) is 2.25. The summed E-state index contributed by atoms with van der Waals surface area (Å²) in [6.07, 6.45) is -6.31. The summed E-state index contributed by atoms with van der Waals surface area (Å²) >= 11 is 0. The van der Waals surface area contributed by atoms with Crippen LogP contribution in [0.25, 0.3) is 0 Å². The molecule has 0 aromatic carbocycles. The van der Waals surface area contributed by atoms with Gasteiger partial charge in [0, 0.05) is 0 Å². The lowest BCUT2D eigenvalue weighted by Crippen LogP contribution is -2.73. The van der Waals surface area contributed by atoms with Gasteiger partial charge in [-0.15, -0.1) is 0 Å². The van der Waals surface area contributed by atoms with E-state index in [1.165, 1.54) is 0 Å². The molecule has 0 radical (unpaired) electrons. The fraction of sp³-hybridized carbons (Fsp3) is 0.750. The molecule has 22 heavy (non-hydrogen) atoms. The molecule has 0 heterocycles. The summed E-state index contributed by atoms with van der Waals surface area (Å²) in [6.45, 7) is 2.41. The Hall–Kier alpha value is -1.75. The molecule has 0 aromatic heterocycles. The largest absolute Gasteiger partial charge is 0.481 e. The van der Waals surface area contributed by atoms with Gasteiger partial charge in [-0.05, 0) is 20.8 Å². The van der Waals surface area contributed by atoms with Crippen molar-refractivity contribution in [2.45, 2.75) is 44.7 Å². The van der Waals surface area contributed by atoms with E-state index in [0.717, 1.165) is 20.8 Å². The Bertz CT molecular complexity index is 447. The van der Waals surface area contributed by atoms with E-state index in [2.05, 4.69) is 0 Å². The molecule has 0 aromatic rings. The van der Waals surface area contributed by atoms with Crippen LogP contribution in [0.2, 0.25) is 0 Å². The molecule has 0 aliphatic heterocycles. The lowest BCUT2D eigenvalue weighted by molar-refractivity contribution is -0.240. The topological polar surface area (TPSA) is 193 Å². The van der Waals surface area contributed by atoms with E-state index in [4.69, 9.17) is 5.11 Å². The first-order valence-corrected chi connectivity index (χ1v) is 6.25. The minimum atomic E-state index is -3.69. The molecular weight excluding hydrogens is 304 g/mol. The third-order valence-corrected chi connectivity index (χ3v) is 3.83. The van der Waals surface area contributed by atoms with E-state index in [1.54, 1.807) is 0 Å². The van der Waals surface area contributed by atoms with Crippen LogP contribution < -0.4 is 0 Å². The van der Waals surface area contributed by atoms with Gasteiger partial charge in [-0.2, -0.15) is 0 Å². The highest BCUT2D eigenvalue weighted by Gasteiger charge is 2.72. The van der Waals surface area contributed by atoms with Crippen molar-refractivity contribution in [1.82, 2.24) is 0 Å². The second kappa shape index (κ2) is 6.57. The fourth-order valence-electron chi connectivity index (χ4n) is 2.81. The number of rotatable bonds is 8. The fourth-order valence-corrected chi connectivity index (χ4v) is 2.81. The van der Waals surface area contributed by atoms with Crippen LogP contribution in [0.15, 0.2) is 0 Å². The predicted molar refractivity (Wildman–Crippen MR) is 68.8 cm³/mol. The van der Waals surface area contributed by atoms with Crippen molar-refractivity contribution in [2.75, 3.05) is 0 Å². The quantitative estimate of drug-likeness (QED) is 0.255. The van der Waals surface area contributed by atoms with Crippen LogP contribution in [0.4, 0.5) is 0 Å². The summed E-state index contributed by atoms with van der Waals surface area (Å²) in [6, 6.07) is 0. The Morgan fingerprint density at radius 3 is 1.32 bits per heavy atom. The molecule has 5 atom stereocenters. The molecule has 0 fully saturated rings. The summed E-state index contributed by atoms with van der Waals surface area (Å²) in [7, 11) is 0. The first-order chi connectivity index (χ1) is 9.79.